The van der Waals surface area contributed by atoms with Gasteiger partial charge < -0.3 is 14.2 Å². The lowest BCUT2D eigenvalue weighted by Gasteiger charge is -2.17. The van der Waals surface area contributed by atoms with E-state index < -0.39 is 0 Å². The third-order valence-electron chi connectivity index (χ3n) is 5.30. The van der Waals surface area contributed by atoms with Crippen LogP contribution in [0.25, 0.3) is 5.69 Å². The Morgan fingerprint density at radius 3 is 2.68 bits per heavy atom. The van der Waals surface area contributed by atoms with Gasteiger partial charge in [0.1, 0.15) is 0 Å². The van der Waals surface area contributed by atoms with E-state index in [1.54, 1.807) is 6.20 Å². The summed E-state index contributed by atoms with van der Waals surface area (Å²) >= 11 is 0. The van der Waals surface area contributed by atoms with E-state index in [1.165, 1.54) is 0 Å². The number of nitrogens with zero attached hydrogens (tertiary/aromatic N) is 3. The molecule has 4 rings (SSSR count). The van der Waals surface area contributed by atoms with E-state index in [0.717, 1.165) is 41.3 Å². The number of ether oxygens (including phenoxy) is 1. The first-order valence-corrected chi connectivity index (χ1v) is 9.68. The van der Waals surface area contributed by atoms with E-state index in [-0.39, 0.29) is 12.0 Å². The Morgan fingerprint density at radius 1 is 1.14 bits per heavy atom. The highest BCUT2D eigenvalue weighted by Crippen LogP contribution is 2.24. The van der Waals surface area contributed by atoms with Crippen molar-refractivity contribution in [1.82, 2.24) is 14.5 Å². The molecule has 1 saturated heterocycles. The predicted molar refractivity (Wildman–Crippen MR) is 109 cm³/mol. The van der Waals surface area contributed by atoms with Crippen LogP contribution in [0.4, 0.5) is 0 Å². The molecule has 1 amide bonds. The molecule has 1 aliphatic rings. The Balaban J connectivity index is 1.44. The minimum absolute atomic E-state index is 0.0589. The second kappa shape index (κ2) is 7.98. The summed E-state index contributed by atoms with van der Waals surface area (Å²) in [5.74, 6) is 0.0826. The third kappa shape index (κ3) is 3.71. The van der Waals surface area contributed by atoms with Crippen molar-refractivity contribution in [3.05, 3.63) is 83.4 Å². The van der Waals surface area contributed by atoms with Gasteiger partial charge in [-0.3, -0.25) is 9.78 Å². The summed E-state index contributed by atoms with van der Waals surface area (Å²) in [6.07, 6.45) is 2.69. The van der Waals surface area contributed by atoms with Crippen molar-refractivity contribution in [2.24, 2.45) is 0 Å². The Bertz CT molecular complexity index is 951. The number of carbonyl (C=O) groups excluding carboxylic acids is 1. The molecule has 0 radical (unpaired) electrons. The standard InChI is InChI=1S/C23H25N3O2/c1-17-14-22(18(2)26(17)20-9-4-3-5-10-20)23(27)25-13-11-21(15-25)28-16-19-8-6-7-12-24-19/h3-10,12,14,21H,11,13,15-16H2,1-2H3/t21-/m1/s1. The van der Waals surface area contributed by atoms with Crippen molar-refractivity contribution in [1.29, 1.82) is 0 Å². The second-order valence-electron chi connectivity index (χ2n) is 7.25. The summed E-state index contributed by atoms with van der Waals surface area (Å²) in [5, 5.41) is 0. The maximum Gasteiger partial charge on any atom is 0.255 e. The fourth-order valence-electron chi connectivity index (χ4n) is 3.86. The van der Waals surface area contributed by atoms with Crippen LogP contribution in [0.2, 0.25) is 0 Å². The van der Waals surface area contributed by atoms with Crippen molar-refractivity contribution in [2.75, 3.05) is 13.1 Å². The number of pyridine rings is 1. The summed E-state index contributed by atoms with van der Waals surface area (Å²) in [4.78, 5) is 19.3. The first-order valence-electron chi connectivity index (χ1n) is 9.68. The highest BCUT2D eigenvalue weighted by atomic mass is 16.5. The van der Waals surface area contributed by atoms with Crippen molar-refractivity contribution in [2.45, 2.75) is 33.0 Å². The minimum Gasteiger partial charge on any atom is -0.370 e. The van der Waals surface area contributed by atoms with Crippen LogP contribution in [0, 0.1) is 13.8 Å². The van der Waals surface area contributed by atoms with Crippen molar-refractivity contribution in [3.63, 3.8) is 0 Å². The molecule has 1 fully saturated rings. The normalized spacial score (nSPS) is 16.5. The zero-order chi connectivity index (χ0) is 19.5. The number of rotatable bonds is 5. The number of carbonyl (C=O) groups is 1. The number of likely N-dealkylation sites (tertiary alicyclic amines) is 1. The van der Waals surface area contributed by atoms with Crippen LogP contribution in [0.3, 0.4) is 0 Å². The molecule has 0 N–H and O–H groups in total. The highest BCUT2D eigenvalue weighted by molar-refractivity contribution is 5.96. The smallest absolute Gasteiger partial charge is 0.255 e. The van der Waals surface area contributed by atoms with Crippen molar-refractivity contribution >= 4 is 5.91 Å². The Hall–Kier alpha value is -2.92. The lowest BCUT2D eigenvalue weighted by atomic mass is 10.2. The molecule has 3 heterocycles. The molecule has 144 valence electrons. The lowest BCUT2D eigenvalue weighted by molar-refractivity contribution is 0.0422. The van der Waals surface area contributed by atoms with E-state index in [4.69, 9.17) is 4.74 Å². The predicted octanol–water partition coefficient (Wildman–Crippen LogP) is 3.92. The molecule has 28 heavy (non-hydrogen) atoms. The van der Waals surface area contributed by atoms with Gasteiger partial charge in [0.15, 0.2) is 0 Å². The van der Waals surface area contributed by atoms with Crippen LogP contribution >= 0.6 is 0 Å². The fraction of sp³-hybridized carbons (Fsp3) is 0.304. The highest BCUT2D eigenvalue weighted by Gasteiger charge is 2.29. The van der Waals surface area contributed by atoms with Gasteiger partial charge in [-0.25, -0.2) is 0 Å². The van der Waals surface area contributed by atoms with Crippen LogP contribution in [0.15, 0.2) is 60.8 Å². The van der Waals surface area contributed by atoms with Crippen LogP contribution < -0.4 is 0 Å². The number of benzene rings is 1. The maximum atomic E-state index is 13.1. The quantitative estimate of drug-likeness (QED) is 0.679. The van der Waals surface area contributed by atoms with Crippen LogP contribution in [0.5, 0.6) is 0 Å². The Morgan fingerprint density at radius 2 is 1.93 bits per heavy atom. The van der Waals surface area contributed by atoms with Gasteiger partial charge in [-0.1, -0.05) is 24.3 Å². The van der Waals surface area contributed by atoms with E-state index >= 15 is 0 Å². The Kier molecular flexibility index (Phi) is 5.26. The van der Waals surface area contributed by atoms with Gasteiger partial charge in [0.05, 0.1) is 24.0 Å². The van der Waals surface area contributed by atoms with Gasteiger partial charge in [0.2, 0.25) is 0 Å². The van der Waals surface area contributed by atoms with Gasteiger partial charge in [-0.05, 0) is 50.6 Å². The Labute approximate surface area is 165 Å². The van der Waals surface area contributed by atoms with Gasteiger partial charge in [0.25, 0.3) is 5.91 Å². The molecule has 1 aromatic carbocycles. The number of hydrogen-bond acceptors (Lipinski definition) is 3. The third-order valence-corrected chi connectivity index (χ3v) is 5.30. The molecule has 0 spiro atoms. The number of aryl methyl sites for hydroxylation is 1. The van der Waals surface area contributed by atoms with Crippen molar-refractivity contribution < 1.29 is 9.53 Å². The first-order chi connectivity index (χ1) is 13.6. The molecule has 0 bridgehead atoms. The second-order valence-corrected chi connectivity index (χ2v) is 7.25. The molecule has 0 saturated carbocycles. The van der Waals surface area contributed by atoms with E-state index in [2.05, 4.69) is 21.7 Å². The van der Waals surface area contributed by atoms with Crippen LogP contribution in [0.1, 0.15) is 33.9 Å². The number of amides is 1. The molecule has 3 aromatic rings. The average Bonchev–Trinajstić information content (AvgIpc) is 3.32. The van der Waals surface area contributed by atoms with Crippen LogP contribution in [-0.4, -0.2) is 39.6 Å². The largest absolute Gasteiger partial charge is 0.370 e. The number of aromatic nitrogens is 2. The maximum absolute atomic E-state index is 13.1. The van der Waals surface area contributed by atoms with E-state index in [9.17, 15) is 4.79 Å². The topological polar surface area (TPSA) is 47.4 Å². The summed E-state index contributed by atoms with van der Waals surface area (Å²) in [6, 6.07) is 17.9. The molecular weight excluding hydrogens is 350 g/mol. The van der Waals surface area contributed by atoms with Crippen LogP contribution in [-0.2, 0) is 11.3 Å². The molecule has 5 nitrogen and oxygen atoms in total. The molecule has 2 aromatic heterocycles. The van der Waals surface area contributed by atoms with Gasteiger partial charge >= 0.3 is 0 Å². The molecule has 1 aliphatic heterocycles. The zero-order valence-electron chi connectivity index (χ0n) is 16.3. The van der Waals surface area contributed by atoms with Gasteiger partial charge in [-0.2, -0.15) is 0 Å². The first kappa shape index (κ1) is 18.4. The fourth-order valence-corrected chi connectivity index (χ4v) is 3.86. The monoisotopic (exact) mass is 375 g/mol. The van der Waals surface area contributed by atoms with Gasteiger partial charge in [0, 0.05) is 36.4 Å². The summed E-state index contributed by atoms with van der Waals surface area (Å²) < 4.78 is 8.11. The van der Waals surface area contributed by atoms with Gasteiger partial charge in [-0.15, -0.1) is 0 Å². The summed E-state index contributed by atoms with van der Waals surface area (Å²) in [5.41, 5.74) is 4.81. The number of para-hydroxylation sites is 1. The molecule has 1 atom stereocenters. The number of hydrogen-bond donors (Lipinski definition) is 0. The summed E-state index contributed by atoms with van der Waals surface area (Å²) in [6.45, 7) is 5.88. The SMILES string of the molecule is Cc1cc(C(=O)N2CC[C@@H](OCc3ccccn3)C2)c(C)n1-c1ccccc1. The van der Waals surface area contributed by atoms with E-state index in [1.807, 2.05) is 61.2 Å². The van der Waals surface area contributed by atoms with E-state index in [0.29, 0.717) is 13.2 Å². The molecular formula is C23H25N3O2. The molecule has 0 aliphatic carbocycles. The average molecular weight is 375 g/mol. The molecule has 0 unspecified atom stereocenters. The zero-order valence-corrected chi connectivity index (χ0v) is 16.3. The minimum atomic E-state index is 0.0589. The molecule has 5 heteroatoms. The lowest BCUT2D eigenvalue weighted by Crippen LogP contribution is -2.30. The van der Waals surface area contributed by atoms with Crippen molar-refractivity contribution in [3.8, 4) is 5.69 Å². The summed E-state index contributed by atoms with van der Waals surface area (Å²) in [7, 11) is 0.